The second-order valence-electron chi connectivity index (χ2n) is 7.13. The van der Waals surface area contributed by atoms with Crippen molar-refractivity contribution in [2.75, 3.05) is 13.7 Å². The molecule has 31 heavy (non-hydrogen) atoms. The summed E-state index contributed by atoms with van der Waals surface area (Å²) in [5, 5.41) is 0. The van der Waals surface area contributed by atoms with Crippen molar-refractivity contribution in [2.24, 2.45) is 0 Å². The summed E-state index contributed by atoms with van der Waals surface area (Å²) in [6.07, 6.45) is 0.668. The van der Waals surface area contributed by atoms with Gasteiger partial charge < -0.3 is 18.6 Å². The standard InChI is InChI=1S/C25H29NO5/c1-5-18-14-21(13-12-20(18)15-23(29-6-2)25(27)28-4)30-16-22-17(3)31-24(26-22)19-10-8-7-9-11-19/h7-14,23H,5-6,15-16H2,1-4H3. The fourth-order valence-electron chi connectivity index (χ4n) is 3.38. The van der Waals surface area contributed by atoms with Gasteiger partial charge in [0.05, 0.1) is 7.11 Å². The van der Waals surface area contributed by atoms with E-state index in [4.69, 9.17) is 18.6 Å². The minimum atomic E-state index is -0.610. The molecule has 2 aromatic carbocycles. The zero-order chi connectivity index (χ0) is 22.2. The topological polar surface area (TPSA) is 70.8 Å². The molecule has 0 saturated heterocycles. The van der Waals surface area contributed by atoms with Crippen molar-refractivity contribution in [3.8, 4) is 17.2 Å². The third-order valence-electron chi connectivity index (χ3n) is 5.08. The van der Waals surface area contributed by atoms with E-state index < -0.39 is 6.10 Å². The smallest absolute Gasteiger partial charge is 0.335 e. The molecule has 1 unspecified atom stereocenters. The van der Waals surface area contributed by atoms with E-state index in [0.29, 0.717) is 25.5 Å². The molecule has 1 aromatic heterocycles. The molecule has 0 N–H and O–H groups in total. The number of aryl methyl sites for hydroxylation is 2. The number of benzene rings is 2. The summed E-state index contributed by atoms with van der Waals surface area (Å²) in [6, 6.07) is 15.7. The molecule has 0 fully saturated rings. The van der Waals surface area contributed by atoms with Crippen LogP contribution in [0.5, 0.6) is 5.75 Å². The second kappa shape index (κ2) is 10.8. The zero-order valence-electron chi connectivity index (χ0n) is 18.5. The van der Waals surface area contributed by atoms with Gasteiger partial charge in [-0.3, -0.25) is 0 Å². The van der Waals surface area contributed by atoms with Crippen LogP contribution in [0.3, 0.4) is 0 Å². The number of rotatable bonds is 10. The van der Waals surface area contributed by atoms with Crippen LogP contribution < -0.4 is 4.74 Å². The lowest BCUT2D eigenvalue weighted by molar-refractivity contribution is -0.153. The number of hydrogen-bond acceptors (Lipinski definition) is 6. The number of methoxy groups -OCH3 is 1. The third-order valence-corrected chi connectivity index (χ3v) is 5.08. The van der Waals surface area contributed by atoms with E-state index in [-0.39, 0.29) is 5.97 Å². The van der Waals surface area contributed by atoms with Gasteiger partial charge in [-0.25, -0.2) is 9.78 Å². The summed E-state index contributed by atoms with van der Waals surface area (Å²) in [6.45, 7) is 6.59. The van der Waals surface area contributed by atoms with Crippen molar-refractivity contribution in [2.45, 2.75) is 46.3 Å². The van der Waals surface area contributed by atoms with Gasteiger partial charge in [-0.2, -0.15) is 0 Å². The molecular formula is C25H29NO5. The van der Waals surface area contributed by atoms with Crippen molar-refractivity contribution < 1.29 is 23.4 Å². The fraction of sp³-hybridized carbons (Fsp3) is 0.360. The number of ether oxygens (including phenoxy) is 3. The van der Waals surface area contributed by atoms with Gasteiger partial charge in [-0.05, 0) is 55.7 Å². The normalized spacial score (nSPS) is 11.9. The molecule has 6 nitrogen and oxygen atoms in total. The van der Waals surface area contributed by atoms with E-state index in [9.17, 15) is 4.79 Å². The van der Waals surface area contributed by atoms with Crippen molar-refractivity contribution in [1.82, 2.24) is 4.98 Å². The zero-order valence-corrected chi connectivity index (χ0v) is 18.5. The van der Waals surface area contributed by atoms with Crippen LogP contribution in [0.2, 0.25) is 0 Å². The maximum atomic E-state index is 12.0. The van der Waals surface area contributed by atoms with Crippen LogP contribution in [0.25, 0.3) is 11.5 Å². The van der Waals surface area contributed by atoms with E-state index in [1.54, 1.807) is 0 Å². The molecule has 0 radical (unpaired) electrons. The number of hydrogen-bond donors (Lipinski definition) is 0. The molecule has 1 heterocycles. The summed E-state index contributed by atoms with van der Waals surface area (Å²) in [7, 11) is 1.38. The molecule has 0 aliphatic carbocycles. The molecule has 0 amide bonds. The molecule has 0 spiro atoms. The van der Waals surface area contributed by atoms with E-state index >= 15 is 0 Å². The highest BCUT2D eigenvalue weighted by atomic mass is 16.6. The van der Waals surface area contributed by atoms with Crippen LogP contribution >= 0.6 is 0 Å². The predicted octanol–water partition coefficient (Wildman–Crippen LogP) is 4.91. The lowest BCUT2D eigenvalue weighted by Crippen LogP contribution is -2.28. The van der Waals surface area contributed by atoms with Crippen molar-refractivity contribution in [3.63, 3.8) is 0 Å². The number of nitrogens with zero attached hydrogens (tertiary/aromatic N) is 1. The lowest BCUT2D eigenvalue weighted by atomic mass is 9.99. The number of carbonyl (C=O) groups excluding carboxylic acids is 1. The molecule has 0 aliphatic rings. The largest absolute Gasteiger partial charge is 0.487 e. The highest BCUT2D eigenvalue weighted by molar-refractivity contribution is 5.75. The van der Waals surface area contributed by atoms with Gasteiger partial charge in [0.2, 0.25) is 5.89 Å². The number of carbonyl (C=O) groups is 1. The van der Waals surface area contributed by atoms with Gasteiger partial charge in [0, 0.05) is 18.6 Å². The minimum Gasteiger partial charge on any atom is -0.487 e. The Kier molecular flexibility index (Phi) is 7.84. The molecule has 0 saturated carbocycles. The molecule has 6 heteroatoms. The molecule has 3 rings (SSSR count). The summed E-state index contributed by atoms with van der Waals surface area (Å²) >= 11 is 0. The number of oxazole rings is 1. The predicted molar refractivity (Wildman–Crippen MR) is 118 cm³/mol. The van der Waals surface area contributed by atoms with Crippen molar-refractivity contribution in [1.29, 1.82) is 0 Å². The number of aromatic nitrogens is 1. The Balaban J connectivity index is 1.70. The van der Waals surface area contributed by atoms with Gasteiger partial charge in [0.25, 0.3) is 0 Å². The van der Waals surface area contributed by atoms with Crippen molar-refractivity contribution >= 4 is 5.97 Å². The van der Waals surface area contributed by atoms with E-state index in [1.165, 1.54) is 7.11 Å². The maximum absolute atomic E-state index is 12.0. The van der Waals surface area contributed by atoms with Crippen LogP contribution in [0.1, 0.15) is 36.4 Å². The van der Waals surface area contributed by atoms with Crippen LogP contribution in [0.4, 0.5) is 0 Å². The first-order chi connectivity index (χ1) is 15.0. The molecule has 164 valence electrons. The fourth-order valence-corrected chi connectivity index (χ4v) is 3.38. The Bertz CT molecular complexity index is 996. The second-order valence-corrected chi connectivity index (χ2v) is 7.13. The van der Waals surface area contributed by atoms with Gasteiger partial charge in [-0.15, -0.1) is 0 Å². The molecule has 0 aliphatic heterocycles. The molecular weight excluding hydrogens is 394 g/mol. The first-order valence-electron chi connectivity index (χ1n) is 10.5. The summed E-state index contributed by atoms with van der Waals surface area (Å²) in [4.78, 5) is 16.6. The first-order valence-corrected chi connectivity index (χ1v) is 10.5. The van der Waals surface area contributed by atoms with E-state index in [1.807, 2.05) is 62.4 Å². The van der Waals surface area contributed by atoms with Crippen LogP contribution in [-0.2, 0) is 33.7 Å². The molecule has 0 bridgehead atoms. The SMILES string of the molecule is CCOC(Cc1ccc(OCc2nc(-c3ccccc3)oc2C)cc1CC)C(=O)OC. The van der Waals surface area contributed by atoms with Crippen LogP contribution in [-0.4, -0.2) is 30.8 Å². The minimum absolute atomic E-state index is 0.314. The molecule has 1 atom stereocenters. The third kappa shape index (κ3) is 5.73. The Labute approximate surface area is 183 Å². The van der Waals surface area contributed by atoms with Gasteiger partial charge in [0.15, 0.2) is 6.10 Å². The van der Waals surface area contributed by atoms with Gasteiger partial charge in [0.1, 0.15) is 23.8 Å². The average molecular weight is 424 g/mol. The van der Waals surface area contributed by atoms with Gasteiger partial charge in [-0.1, -0.05) is 31.2 Å². The Hall–Kier alpha value is -3.12. The summed E-state index contributed by atoms with van der Waals surface area (Å²) < 4.78 is 22.2. The van der Waals surface area contributed by atoms with Crippen LogP contribution in [0, 0.1) is 6.92 Å². The van der Waals surface area contributed by atoms with E-state index in [0.717, 1.165) is 40.3 Å². The van der Waals surface area contributed by atoms with Crippen molar-refractivity contribution in [3.05, 3.63) is 71.1 Å². The highest BCUT2D eigenvalue weighted by Gasteiger charge is 2.21. The Morgan fingerprint density at radius 2 is 1.87 bits per heavy atom. The quantitative estimate of drug-likeness (QED) is 0.432. The Morgan fingerprint density at radius 1 is 1.10 bits per heavy atom. The maximum Gasteiger partial charge on any atom is 0.335 e. The van der Waals surface area contributed by atoms with Crippen LogP contribution in [0.15, 0.2) is 52.9 Å². The van der Waals surface area contributed by atoms with Gasteiger partial charge >= 0.3 is 5.97 Å². The Morgan fingerprint density at radius 3 is 2.55 bits per heavy atom. The summed E-state index contributed by atoms with van der Waals surface area (Å²) in [5.74, 6) is 1.71. The lowest BCUT2D eigenvalue weighted by Gasteiger charge is -2.17. The summed E-state index contributed by atoms with van der Waals surface area (Å²) in [5.41, 5.74) is 3.85. The first kappa shape index (κ1) is 22.6. The number of esters is 1. The monoisotopic (exact) mass is 423 g/mol. The molecule has 3 aromatic rings. The average Bonchev–Trinajstić information content (AvgIpc) is 3.18. The highest BCUT2D eigenvalue weighted by Crippen LogP contribution is 2.24. The van der Waals surface area contributed by atoms with E-state index in [2.05, 4.69) is 11.9 Å².